The van der Waals surface area contributed by atoms with Gasteiger partial charge in [-0.25, -0.2) is 0 Å². The van der Waals surface area contributed by atoms with Gasteiger partial charge < -0.3 is 10.5 Å². The smallest absolute Gasteiger partial charge is 0.306 e. The minimum atomic E-state index is -0.00257. The predicted molar refractivity (Wildman–Crippen MR) is 78.8 cm³/mol. The van der Waals surface area contributed by atoms with Crippen molar-refractivity contribution in [3.63, 3.8) is 0 Å². The molecule has 0 bridgehead atoms. The molecule has 0 aromatic rings. The topological polar surface area (TPSA) is 52.3 Å². The Hall–Kier alpha value is -0.570. The molecule has 19 heavy (non-hydrogen) atoms. The molecule has 3 nitrogen and oxygen atoms in total. The number of esters is 1. The number of rotatable bonds is 8. The van der Waals surface area contributed by atoms with Crippen molar-refractivity contribution in [3.8, 4) is 0 Å². The molecular weight excluding hydrogens is 238 g/mol. The second-order valence-corrected chi connectivity index (χ2v) is 6.15. The highest BCUT2D eigenvalue weighted by molar-refractivity contribution is 5.69. The van der Waals surface area contributed by atoms with Crippen molar-refractivity contribution in [2.45, 2.75) is 77.7 Å². The summed E-state index contributed by atoms with van der Waals surface area (Å²) in [6.45, 7) is 5.16. The summed E-state index contributed by atoms with van der Waals surface area (Å²) in [4.78, 5) is 11.9. The molecule has 0 aromatic carbocycles. The largest absolute Gasteiger partial charge is 0.462 e. The summed E-state index contributed by atoms with van der Waals surface area (Å²) in [6, 6.07) is 0. The number of nitrogens with two attached hydrogens (primary N) is 1. The van der Waals surface area contributed by atoms with Crippen LogP contribution in [-0.2, 0) is 9.53 Å². The Balaban J connectivity index is 2.22. The van der Waals surface area contributed by atoms with E-state index in [1.807, 2.05) is 0 Å². The molecule has 3 unspecified atom stereocenters. The third kappa shape index (κ3) is 6.95. The van der Waals surface area contributed by atoms with Crippen LogP contribution in [0, 0.1) is 11.8 Å². The fourth-order valence-electron chi connectivity index (χ4n) is 3.13. The van der Waals surface area contributed by atoms with Gasteiger partial charge in [-0.05, 0) is 50.5 Å². The molecule has 1 saturated carbocycles. The summed E-state index contributed by atoms with van der Waals surface area (Å²) in [5, 5.41) is 0. The van der Waals surface area contributed by atoms with Gasteiger partial charge in [0.25, 0.3) is 0 Å². The normalized spacial score (nSPS) is 25.0. The van der Waals surface area contributed by atoms with Crippen LogP contribution >= 0.6 is 0 Å². The molecule has 0 amide bonds. The van der Waals surface area contributed by atoms with Crippen LogP contribution < -0.4 is 5.73 Å². The van der Waals surface area contributed by atoms with E-state index < -0.39 is 0 Å². The molecule has 112 valence electrons. The minimum Gasteiger partial charge on any atom is -0.462 e. The lowest BCUT2D eigenvalue weighted by Crippen LogP contribution is -2.24. The molecule has 3 heteroatoms. The molecule has 0 spiro atoms. The van der Waals surface area contributed by atoms with Crippen molar-refractivity contribution < 1.29 is 9.53 Å². The van der Waals surface area contributed by atoms with Crippen LogP contribution in [0.5, 0.6) is 0 Å². The van der Waals surface area contributed by atoms with Crippen LogP contribution in [0.25, 0.3) is 0 Å². The van der Waals surface area contributed by atoms with E-state index in [1.165, 1.54) is 25.7 Å². The Labute approximate surface area is 118 Å². The lowest BCUT2D eigenvalue weighted by Gasteiger charge is -2.26. The van der Waals surface area contributed by atoms with E-state index in [0.717, 1.165) is 32.2 Å². The lowest BCUT2D eigenvalue weighted by atomic mass is 9.88. The van der Waals surface area contributed by atoms with Crippen LogP contribution in [0.2, 0.25) is 0 Å². The van der Waals surface area contributed by atoms with E-state index in [1.54, 1.807) is 0 Å². The molecule has 0 aliphatic heterocycles. The highest BCUT2D eigenvalue weighted by atomic mass is 16.5. The molecule has 0 saturated heterocycles. The second kappa shape index (κ2) is 9.35. The first-order valence-corrected chi connectivity index (χ1v) is 8.05. The van der Waals surface area contributed by atoms with Crippen LogP contribution in [0.4, 0.5) is 0 Å². The molecule has 1 aliphatic carbocycles. The fraction of sp³-hybridized carbons (Fsp3) is 0.938. The van der Waals surface area contributed by atoms with Crippen LogP contribution in [0.3, 0.4) is 0 Å². The monoisotopic (exact) mass is 269 g/mol. The van der Waals surface area contributed by atoms with E-state index in [-0.39, 0.29) is 12.1 Å². The minimum absolute atomic E-state index is 0.00257. The van der Waals surface area contributed by atoms with E-state index in [0.29, 0.717) is 18.3 Å². The molecule has 0 radical (unpaired) electrons. The van der Waals surface area contributed by atoms with Crippen molar-refractivity contribution in [2.24, 2.45) is 17.6 Å². The van der Waals surface area contributed by atoms with Crippen LogP contribution in [0.15, 0.2) is 0 Å². The summed E-state index contributed by atoms with van der Waals surface area (Å²) < 4.78 is 5.60. The van der Waals surface area contributed by atoms with Crippen molar-refractivity contribution in [2.75, 3.05) is 6.54 Å². The van der Waals surface area contributed by atoms with Gasteiger partial charge in [0.15, 0.2) is 0 Å². The molecular formula is C16H31NO2. The van der Waals surface area contributed by atoms with Crippen LogP contribution in [0.1, 0.15) is 71.6 Å². The van der Waals surface area contributed by atoms with E-state index in [9.17, 15) is 4.79 Å². The van der Waals surface area contributed by atoms with Gasteiger partial charge in [0.1, 0.15) is 6.10 Å². The molecule has 1 rings (SSSR count). The van der Waals surface area contributed by atoms with Crippen molar-refractivity contribution in [1.29, 1.82) is 0 Å². The van der Waals surface area contributed by atoms with Gasteiger partial charge in [0.2, 0.25) is 0 Å². The van der Waals surface area contributed by atoms with Gasteiger partial charge in [-0.15, -0.1) is 0 Å². The first-order valence-electron chi connectivity index (χ1n) is 8.05. The third-order valence-electron chi connectivity index (χ3n) is 4.21. The Morgan fingerprint density at radius 3 is 2.74 bits per heavy atom. The van der Waals surface area contributed by atoms with Crippen LogP contribution in [-0.4, -0.2) is 18.6 Å². The summed E-state index contributed by atoms with van der Waals surface area (Å²) >= 11 is 0. The number of carbonyl (C=O) groups excluding carboxylic acids is 1. The lowest BCUT2D eigenvalue weighted by molar-refractivity contribution is -0.151. The zero-order chi connectivity index (χ0) is 14.1. The maximum absolute atomic E-state index is 11.9. The Morgan fingerprint density at radius 2 is 2.11 bits per heavy atom. The molecule has 0 aromatic heterocycles. The first-order chi connectivity index (χ1) is 9.15. The SMILES string of the molecule is CCCC(CCN)CCC(=O)OC1CCCC(C)C1. The number of ether oxygens (including phenoxy) is 1. The standard InChI is InChI=1S/C16H31NO2/c1-3-5-14(10-11-17)8-9-16(18)19-15-7-4-6-13(2)12-15/h13-15H,3-12,17H2,1-2H3. The van der Waals surface area contributed by atoms with Gasteiger partial charge in [-0.3, -0.25) is 4.79 Å². The van der Waals surface area contributed by atoms with Gasteiger partial charge in [-0.1, -0.05) is 33.1 Å². The van der Waals surface area contributed by atoms with Gasteiger partial charge in [0, 0.05) is 6.42 Å². The van der Waals surface area contributed by atoms with Gasteiger partial charge >= 0.3 is 5.97 Å². The molecule has 1 fully saturated rings. The summed E-state index contributed by atoms with van der Waals surface area (Å²) in [5.41, 5.74) is 5.61. The number of hydrogen-bond donors (Lipinski definition) is 1. The molecule has 3 atom stereocenters. The molecule has 0 heterocycles. The highest BCUT2D eigenvalue weighted by Crippen LogP contribution is 2.26. The number of hydrogen-bond acceptors (Lipinski definition) is 3. The van der Waals surface area contributed by atoms with Gasteiger partial charge in [-0.2, -0.15) is 0 Å². The maximum Gasteiger partial charge on any atom is 0.306 e. The zero-order valence-electron chi connectivity index (χ0n) is 12.7. The summed E-state index contributed by atoms with van der Waals surface area (Å²) in [6.07, 6.45) is 9.63. The van der Waals surface area contributed by atoms with Crippen molar-refractivity contribution in [1.82, 2.24) is 0 Å². The van der Waals surface area contributed by atoms with Crippen molar-refractivity contribution in [3.05, 3.63) is 0 Å². The highest BCUT2D eigenvalue weighted by Gasteiger charge is 2.22. The zero-order valence-corrected chi connectivity index (χ0v) is 12.7. The third-order valence-corrected chi connectivity index (χ3v) is 4.21. The summed E-state index contributed by atoms with van der Waals surface area (Å²) in [5.74, 6) is 1.29. The first kappa shape index (κ1) is 16.5. The average molecular weight is 269 g/mol. The van der Waals surface area contributed by atoms with E-state index >= 15 is 0 Å². The van der Waals surface area contributed by atoms with Crippen molar-refractivity contribution >= 4 is 5.97 Å². The van der Waals surface area contributed by atoms with E-state index in [2.05, 4.69) is 13.8 Å². The predicted octanol–water partition coefficient (Wildman–Crippen LogP) is 3.65. The Kier molecular flexibility index (Phi) is 8.11. The molecule has 2 N–H and O–H groups in total. The molecule has 1 aliphatic rings. The maximum atomic E-state index is 11.9. The Bertz CT molecular complexity index is 249. The quantitative estimate of drug-likeness (QED) is 0.684. The summed E-state index contributed by atoms with van der Waals surface area (Å²) in [7, 11) is 0. The van der Waals surface area contributed by atoms with E-state index in [4.69, 9.17) is 10.5 Å². The van der Waals surface area contributed by atoms with Gasteiger partial charge in [0.05, 0.1) is 0 Å². The Morgan fingerprint density at radius 1 is 1.32 bits per heavy atom. The number of carbonyl (C=O) groups is 1. The average Bonchev–Trinajstić information content (AvgIpc) is 2.36. The fourth-order valence-corrected chi connectivity index (χ4v) is 3.13. The second-order valence-electron chi connectivity index (χ2n) is 6.15.